The van der Waals surface area contributed by atoms with E-state index in [1.54, 1.807) is 42.5 Å². The van der Waals surface area contributed by atoms with Crippen molar-refractivity contribution in [2.45, 2.75) is 47.6 Å². The Morgan fingerprint density at radius 1 is 0.848 bits per heavy atom. The van der Waals surface area contributed by atoms with E-state index in [1.165, 1.54) is 11.3 Å². The average Bonchev–Trinajstić information content (AvgIpc) is 3.23. The van der Waals surface area contributed by atoms with Crippen molar-refractivity contribution in [2.75, 3.05) is 10.6 Å². The molecule has 0 aliphatic heterocycles. The third kappa shape index (κ3) is 4.85. The fourth-order valence-corrected chi connectivity index (χ4v) is 6.19. The number of rotatable bonds is 6. The highest BCUT2D eigenvalue weighted by molar-refractivity contribution is 7.91. The van der Waals surface area contributed by atoms with Crippen LogP contribution in [0.15, 0.2) is 76.5 Å². The number of nitrogens with one attached hydrogen (secondary N) is 2. The molecule has 1 aliphatic rings. The summed E-state index contributed by atoms with van der Waals surface area (Å²) in [6, 6.07) is 19.5. The molecule has 0 amide bonds. The fraction of sp³-hybridized carbons (Fsp3) is 0.250. The van der Waals surface area contributed by atoms with Crippen molar-refractivity contribution in [3.8, 4) is 0 Å². The quantitative estimate of drug-likeness (QED) is 0.357. The summed E-state index contributed by atoms with van der Waals surface area (Å²) in [5.41, 5.74) is 0.872. The molecule has 1 saturated carbocycles. The van der Waals surface area contributed by atoms with Crippen molar-refractivity contribution in [1.29, 1.82) is 0 Å². The van der Waals surface area contributed by atoms with Gasteiger partial charge in [0.1, 0.15) is 11.6 Å². The maximum absolute atomic E-state index is 13.3. The molecule has 2 heterocycles. The molecule has 170 valence electrons. The SMILES string of the molecule is O=S(=O)(c1ccccc1)c1cc(Nc2nc3ccccc3s2)nc(NC2CCC(O)CC2)c1. The monoisotopic (exact) mass is 480 g/mol. The summed E-state index contributed by atoms with van der Waals surface area (Å²) >= 11 is 1.48. The summed E-state index contributed by atoms with van der Waals surface area (Å²) < 4.78 is 27.7. The molecule has 33 heavy (non-hydrogen) atoms. The van der Waals surface area contributed by atoms with Gasteiger partial charge in [0.15, 0.2) is 5.13 Å². The topological polar surface area (TPSA) is 104 Å². The number of pyridine rings is 1. The molecular weight excluding hydrogens is 456 g/mol. The van der Waals surface area contributed by atoms with Gasteiger partial charge in [0.2, 0.25) is 9.84 Å². The minimum atomic E-state index is -3.73. The van der Waals surface area contributed by atoms with Crippen molar-refractivity contribution < 1.29 is 13.5 Å². The van der Waals surface area contributed by atoms with Crippen LogP contribution in [0.1, 0.15) is 25.7 Å². The predicted octanol–water partition coefficient (Wildman–Crippen LogP) is 4.98. The third-order valence-electron chi connectivity index (χ3n) is 5.74. The van der Waals surface area contributed by atoms with Gasteiger partial charge in [-0.25, -0.2) is 18.4 Å². The molecule has 0 spiro atoms. The van der Waals surface area contributed by atoms with Crippen LogP contribution in [0.5, 0.6) is 0 Å². The van der Waals surface area contributed by atoms with Gasteiger partial charge in [-0.3, -0.25) is 0 Å². The summed E-state index contributed by atoms with van der Waals surface area (Å²) in [5.74, 6) is 0.890. The molecule has 4 aromatic rings. The standard InChI is InChI=1S/C24H24N4O3S2/c29-17-12-10-16(11-13-17)25-22-14-19(33(30,31)18-6-2-1-3-7-18)15-23(27-22)28-24-26-20-8-4-5-9-21(20)32-24/h1-9,14-17,29H,10-13H2,(H2,25,26,27,28). The number of fused-ring (bicyclic) bond motifs is 1. The summed E-state index contributed by atoms with van der Waals surface area (Å²) in [7, 11) is -3.73. The highest BCUT2D eigenvalue weighted by atomic mass is 32.2. The Morgan fingerprint density at radius 2 is 1.55 bits per heavy atom. The van der Waals surface area contributed by atoms with E-state index in [-0.39, 0.29) is 21.9 Å². The van der Waals surface area contributed by atoms with Crippen molar-refractivity contribution in [3.05, 3.63) is 66.7 Å². The van der Waals surface area contributed by atoms with Gasteiger partial charge in [0.05, 0.1) is 26.1 Å². The van der Waals surface area contributed by atoms with Gasteiger partial charge >= 0.3 is 0 Å². The molecule has 3 N–H and O–H groups in total. The van der Waals surface area contributed by atoms with E-state index in [0.717, 1.165) is 35.9 Å². The highest BCUT2D eigenvalue weighted by Gasteiger charge is 2.23. The summed E-state index contributed by atoms with van der Waals surface area (Å²) in [4.78, 5) is 9.61. The lowest BCUT2D eigenvalue weighted by Gasteiger charge is -2.26. The Balaban J connectivity index is 1.50. The van der Waals surface area contributed by atoms with Crippen LogP contribution in [0.4, 0.5) is 16.8 Å². The van der Waals surface area contributed by atoms with Crippen LogP contribution in [0, 0.1) is 0 Å². The van der Waals surface area contributed by atoms with Crippen molar-refractivity contribution in [1.82, 2.24) is 9.97 Å². The second-order valence-corrected chi connectivity index (χ2v) is 11.1. The molecule has 0 bridgehead atoms. The number of aromatic nitrogens is 2. The van der Waals surface area contributed by atoms with E-state index in [0.29, 0.717) is 16.8 Å². The normalized spacial score (nSPS) is 18.8. The molecule has 5 rings (SSSR count). The number of thiazole rings is 1. The highest BCUT2D eigenvalue weighted by Crippen LogP contribution is 2.31. The molecule has 2 aromatic carbocycles. The molecule has 2 aromatic heterocycles. The van der Waals surface area contributed by atoms with E-state index in [4.69, 9.17) is 0 Å². The van der Waals surface area contributed by atoms with Crippen LogP contribution >= 0.6 is 11.3 Å². The lowest BCUT2D eigenvalue weighted by atomic mass is 9.93. The Kier molecular flexibility index (Phi) is 6.01. The van der Waals surface area contributed by atoms with Gasteiger partial charge in [-0.05, 0) is 56.0 Å². The first-order valence-electron chi connectivity index (χ1n) is 10.9. The molecule has 0 radical (unpaired) electrons. The van der Waals surface area contributed by atoms with E-state index in [2.05, 4.69) is 20.6 Å². The van der Waals surface area contributed by atoms with Crippen LogP contribution in [0.2, 0.25) is 0 Å². The number of hydrogen-bond donors (Lipinski definition) is 3. The van der Waals surface area contributed by atoms with Gasteiger partial charge in [0.25, 0.3) is 0 Å². The zero-order valence-electron chi connectivity index (χ0n) is 17.8. The number of para-hydroxylation sites is 1. The van der Waals surface area contributed by atoms with Crippen LogP contribution in [0.25, 0.3) is 10.2 Å². The second-order valence-electron chi connectivity index (χ2n) is 8.15. The van der Waals surface area contributed by atoms with Gasteiger partial charge in [-0.1, -0.05) is 41.7 Å². The maximum atomic E-state index is 13.3. The Hall–Kier alpha value is -3.01. The maximum Gasteiger partial charge on any atom is 0.206 e. The van der Waals surface area contributed by atoms with Crippen molar-refractivity contribution in [3.63, 3.8) is 0 Å². The smallest absolute Gasteiger partial charge is 0.206 e. The van der Waals surface area contributed by atoms with Crippen LogP contribution in [0.3, 0.4) is 0 Å². The minimum Gasteiger partial charge on any atom is -0.393 e. The number of benzene rings is 2. The summed E-state index contributed by atoms with van der Waals surface area (Å²) in [5, 5.41) is 17.0. The fourth-order valence-electron chi connectivity index (χ4n) is 4.00. The molecule has 0 unspecified atom stereocenters. The van der Waals surface area contributed by atoms with Crippen LogP contribution in [-0.2, 0) is 9.84 Å². The van der Waals surface area contributed by atoms with Crippen molar-refractivity contribution in [2.24, 2.45) is 0 Å². The van der Waals surface area contributed by atoms with Crippen LogP contribution < -0.4 is 10.6 Å². The summed E-state index contributed by atoms with van der Waals surface area (Å²) in [6.07, 6.45) is 2.78. The van der Waals surface area contributed by atoms with Gasteiger partial charge in [-0.15, -0.1) is 0 Å². The Morgan fingerprint density at radius 3 is 2.30 bits per heavy atom. The average molecular weight is 481 g/mol. The lowest BCUT2D eigenvalue weighted by Crippen LogP contribution is -2.28. The van der Waals surface area contributed by atoms with Gasteiger partial charge in [0, 0.05) is 12.1 Å². The molecule has 0 saturated heterocycles. The minimum absolute atomic E-state index is 0.130. The van der Waals surface area contributed by atoms with E-state index >= 15 is 0 Å². The molecule has 1 fully saturated rings. The molecular formula is C24H24N4O3S2. The van der Waals surface area contributed by atoms with Crippen LogP contribution in [-0.4, -0.2) is 35.6 Å². The number of anilines is 3. The number of aliphatic hydroxyl groups excluding tert-OH is 1. The molecule has 7 nitrogen and oxygen atoms in total. The first kappa shape index (κ1) is 21.8. The number of nitrogens with zero attached hydrogens (tertiary/aromatic N) is 2. The lowest BCUT2D eigenvalue weighted by molar-refractivity contribution is 0.126. The van der Waals surface area contributed by atoms with Gasteiger partial charge < -0.3 is 15.7 Å². The predicted molar refractivity (Wildman–Crippen MR) is 131 cm³/mol. The first-order valence-corrected chi connectivity index (χ1v) is 13.2. The van der Waals surface area contributed by atoms with Crippen molar-refractivity contribution >= 4 is 48.2 Å². The number of hydrogen-bond acceptors (Lipinski definition) is 8. The summed E-state index contributed by atoms with van der Waals surface area (Å²) in [6.45, 7) is 0. The molecule has 0 atom stereocenters. The largest absolute Gasteiger partial charge is 0.393 e. The molecule has 1 aliphatic carbocycles. The molecule has 9 heteroatoms. The third-order valence-corrected chi connectivity index (χ3v) is 8.44. The number of sulfone groups is 1. The van der Waals surface area contributed by atoms with Gasteiger partial charge in [-0.2, -0.15) is 0 Å². The Bertz CT molecular complexity index is 1330. The number of aliphatic hydroxyl groups is 1. The van der Waals surface area contributed by atoms with E-state index in [9.17, 15) is 13.5 Å². The first-order chi connectivity index (χ1) is 16.0. The van der Waals surface area contributed by atoms with E-state index in [1.807, 2.05) is 24.3 Å². The zero-order valence-corrected chi connectivity index (χ0v) is 19.4. The zero-order chi connectivity index (χ0) is 22.8. The van der Waals surface area contributed by atoms with E-state index < -0.39 is 9.84 Å². The second kappa shape index (κ2) is 9.09. The Labute approximate surface area is 196 Å².